The summed E-state index contributed by atoms with van der Waals surface area (Å²) in [6, 6.07) is 8.35. The fourth-order valence-electron chi connectivity index (χ4n) is 2.96. The van der Waals surface area contributed by atoms with Crippen LogP contribution in [0.1, 0.15) is 24.9 Å². The lowest BCUT2D eigenvalue weighted by Crippen LogP contribution is -2.53. The summed E-state index contributed by atoms with van der Waals surface area (Å²) in [4.78, 5) is 28.7. The average Bonchev–Trinajstić information content (AvgIpc) is 2.55. The first kappa shape index (κ1) is 15.2. The van der Waals surface area contributed by atoms with Crippen molar-refractivity contribution < 1.29 is 9.59 Å². The Labute approximate surface area is 135 Å². The second kappa shape index (κ2) is 6.60. The molecule has 6 heteroatoms. The van der Waals surface area contributed by atoms with E-state index in [9.17, 15) is 9.59 Å². The third-order valence-corrected chi connectivity index (χ3v) is 5.39. The van der Waals surface area contributed by atoms with Crippen molar-refractivity contribution in [2.24, 2.45) is 0 Å². The summed E-state index contributed by atoms with van der Waals surface area (Å²) in [6.07, 6.45) is 0.959. The Hall–Kier alpha value is -1.69. The van der Waals surface area contributed by atoms with E-state index in [1.54, 1.807) is 11.8 Å². The van der Waals surface area contributed by atoms with Crippen molar-refractivity contribution in [3.05, 3.63) is 29.8 Å². The van der Waals surface area contributed by atoms with Gasteiger partial charge >= 0.3 is 6.03 Å². The predicted octanol–water partition coefficient (Wildman–Crippen LogP) is 2.10. The lowest BCUT2D eigenvalue weighted by atomic mass is 10.0. The molecule has 3 rings (SSSR count). The molecule has 5 nitrogen and oxygen atoms in total. The fraction of sp³-hybridized carbons (Fsp3) is 0.500. The maximum Gasteiger partial charge on any atom is 0.318 e. The minimum atomic E-state index is -0.0186. The van der Waals surface area contributed by atoms with Gasteiger partial charge in [-0.3, -0.25) is 4.79 Å². The van der Waals surface area contributed by atoms with Gasteiger partial charge in [-0.1, -0.05) is 18.2 Å². The number of hydrogen-bond donors (Lipinski definition) is 1. The van der Waals surface area contributed by atoms with Crippen LogP contribution in [0.5, 0.6) is 0 Å². The number of thioether (sulfide) groups is 1. The summed E-state index contributed by atoms with van der Waals surface area (Å²) in [5.41, 5.74) is 1.22. The van der Waals surface area contributed by atoms with Crippen LogP contribution in [0.4, 0.5) is 4.79 Å². The van der Waals surface area contributed by atoms with E-state index >= 15 is 0 Å². The molecule has 118 valence electrons. The summed E-state index contributed by atoms with van der Waals surface area (Å²) in [5.74, 6) is 1.11. The van der Waals surface area contributed by atoms with Crippen LogP contribution in [-0.4, -0.2) is 53.7 Å². The molecule has 22 heavy (non-hydrogen) atoms. The van der Waals surface area contributed by atoms with E-state index < -0.39 is 0 Å². The first-order valence-electron chi connectivity index (χ1n) is 7.68. The van der Waals surface area contributed by atoms with Gasteiger partial charge in [0.25, 0.3) is 0 Å². The number of fused-ring (bicyclic) bond motifs is 1. The highest BCUT2D eigenvalue weighted by molar-refractivity contribution is 7.99. The standard InChI is InChI=1S/C16H21N3O2S/c1-12(20)18-7-9-19(10-8-18)16(21)17-14-6-11-22-15-5-3-2-4-13(14)15/h2-5,14H,6-11H2,1H3,(H,17,21). The van der Waals surface area contributed by atoms with Gasteiger partial charge in [0.05, 0.1) is 6.04 Å². The normalized spacial score (nSPS) is 21.2. The number of hydrogen-bond acceptors (Lipinski definition) is 3. The molecule has 0 aromatic heterocycles. The molecule has 0 bridgehead atoms. The second-order valence-corrected chi connectivity index (χ2v) is 6.81. The van der Waals surface area contributed by atoms with Crippen molar-refractivity contribution in [2.45, 2.75) is 24.3 Å². The van der Waals surface area contributed by atoms with E-state index in [4.69, 9.17) is 0 Å². The van der Waals surface area contributed by atoms with Crippen LogP contribution in [-0.2, 0) is 4.79 Å². The summed E-state index contributed by atoms with van der Waals surface area (Å²) in [6.45, 7) is 4.04. The Morgan fingerprint density at radius 1 is 1.14 bits per heavy atom. The van der Waals surface area contributed by atoms with Crippen LogP contribution in [0.3, 0.4) is 0 Å². The number of carbonyl (C=O) groups is 2. The van der Waals surface area contributed by atoms with Gasteiger partial charge in [0.15, 0.2) is 0 Å². The number of nitrogens with zero attached hydrogens (tertiary/aromatic N) is 2. The number of benzene rings is 1. The Balaban J connectivity index is 1.60. The van der Waals surface area contributed by atoms with Gasteiger partial charge in [0, 0.05) is 43.8 Å². The van der Waals surface area contributed by atoms with E-state index in [1.165, 1.54) is 10.5 Å². The molecular weight excluding hydrogens is 298 g/mol. The van der Waals surface area contributed by atoms with Crippen LogP contribution in [0, 0.1) is 0 Å². The number of nitrogens with one attached hydrogen (secondary N) is 1. The predicted molar refractivity (Wildman–Crippen MR) is 86.9 cm³/mol. The molecule has 1 aromatic rings. The molecule has 2 aliphatic heterocycles. The lowest BCUT2D eigenvalue weighted by Gasteiger charge is -2.35. The lowest BCUT2D eigenvalue weighted by molar-refractivity contribution is -0.130. The molecule has 3 amide bonds. The smallest absolute Gasteiger partial charge is 0.318 e. The summed E-state index contributed by atoms with van der Waals surface area (Å²) in [5, 5.41) is 3.16. The van der Waals surface area contributed by atoms with E-state index in [0.717, 1.165) is 12.2 Å². The molecule has 0 aliphatic carbocycles. The third kappa shape index (κ3) is 3.21. The van der Waals surface area contributed by atoms with Gasteiger partial charge in [-0.2, -0.15) is 0 Å². The van der Waals surface area contributed by atoms with Crippen molar-refractivity contribution in [1.29, 1.82) is 0 Å². The monoisotopic (exact) mass is 319 g/mol. The average molecular weight is 319 g/mol. The Morgan fingerprint density at radius 2 is 1.82 bits per heavy atom. The molecule has 1 aromatic carbocycles. The molecule has 1 unspecified atom stereocenters. The van der Waals surface area contributed by atoms with E-state index in [1.807, 2.05) is 28.8 Å². The molecule has 1 fully saturated rings. The highest BCUT2D eigenvalue weighted by atomic mass is 32.2. The van der Waals surface area contributed by atoms with Crippen LogP contribution in [0.25, 0.3) is 0 Å². The molecule has 2 aliphatic rings. The SMILES string of the molecule is CC(=O)N1CCN(C(=O)NC2CCSc3ccccc32)CC1. The van der Waals surface area contributed by atoms with Crippen molar-refractivity contribution in [1.82, 2.24) is 15.1 Å². The zero-order chi connectivity index (χ0) is 15.5. The largest absolute Gasteiger partial charge is 0.339 e. The van der Waals surface area contributed by atoms with E-state index in [-0.39, 0.29) is 18.0 Å². The summed E-state index contributed by atoms with van der Waals surface area (Å²) in [7, 11) is 0. The Bertz CT molecular complexity index is 570. The van der Waals surface area contributed by atoms with Crippen LogP contribution >= 0.6 is 11.8 Å². The highest BCUT2D eigenvalue weighted by Gasteiger charge is 2.26. The van der Waals surface area contributed by atoms with Gasteiger partial charge in [-0.25, -0.2) is 4.79 Å². The summed E-state index contributed by atoms with van der Waals surface area (Å²) >= 11 is 1.85. The second-order valence-electron chi connectivity index (χ2n) is 5.67. The number of urea groups is 1. The highest BCUT2D eigenvalue weighted by Crippen LogP contribution is 2.35. The van der Waals surface area contributed by atoms with Crippen LogP contribution in [0.2, 0.25) is 0 Å². The maximum atomic E-state index is 12.5. The number of carbonyl (C=O) groups excluding carboxylic acids is 2. The number of rotatable bonds is 1. The molecule has 2 heterocycles. The van der Waals surface area contributed by atoms with Crippen molar-refractivity contribution in [3.8, 4) is 0 Å². The van der Waals surface area contributed by atoms with E-state index in [0.29, 0.717) is 26.2 Å². The molecular formula is C16H21N3O2S. The minimum absolute atomic E-state index is 0.0186. The Morgan fingerprint density at radius 3 is 2.55 bits per heavy atom. The first-order chi connectivity index (χ1) is 10.6. The molecule has 1 atom stereocenters. The maximum absolute atomic E-state index is 12.5. The van der Waals surface area contributed by atoms with Crippen molar-refractivity contribution in [3.63, 3.8) is 0 Å². The zero-order valence-corrected chi connectivity index (χ0v) is 13.6. The van der Waals surface area contributed by atoms with Gasteiger partial charge in [0.2, 0.25) is 5.91 Å². The van der Waals surface area contributed by atoms with Gasteiger partial charge in [0.1, 0.15) is 0 Å². The van der Waals surface area contributed by atoms with Crippen LogP contribution in [0.15, 0.2) is 29.2 Å². The first-order valence-corrected chi connectivity index (χ1v) is 8.66. The number of piperazine rings is 1. The summed E-state index contributed by atoms with van der Waals surface area (Å²) < 4.78 is 0. The van der Waals surface area contributed by atoms with Gasteiger partial charge < -0.3 is 15.1 Å². The molecule has 0 radical (unpaired) electrons. The fourth-order valence-corrected chi connectivity index (χ4v) is 4.08. The Kier molecular flexibility index (Phi) is 4.57. The third-order valence-electron chi connectivity index (χ3n) is 4.27. The van der Waals surface area contributed by atoms with Crippen molar-refractivity contribution >= 4 is 23.7 Å². The molecule has 1 N–H and O–H groups in total. The topological polar surface area (TPSA) is 52.7 Å². The molecule has 0 saturated carbocycles. The quantitative estimate of drug-likeness (QED) is 0.862. The molecule has 1 saturated heterocycles. The van der Waals surface area contributed by atoms with Gasteiger partial charge in [-0.05, 0) is 18.1 Å². The van der Waals surface area contributed by atoms with E-state index in [2.05, 4.69) is 17.4 Å². The zero-order valence-electron chi connectivity index (χ0n) is 12.7. The minimum Gasteiger partial charge on any atom is -0.339 e. The van der Waals surface area contributed by atoms with Crippen LogP contribution < -0.4 is 5.32 Å². The van der Waals surface area contributed by atoms with Crippen molar-refractivity contribution in [2.75, 3.05) is 31.9 Å². The molecule has 0 spiro atoms. The number of amides is 3. The van der Waals surface area contributed by atoms with Gasteiger partial charge in [-0.15, -0.1) is 11.8 Å².